The number of allylic oxidation sites excluding steroid dienone is 4. The number of methoxy groups -OCH3 is 1. The maximum absolute atomic E-state index is 12.7. The highest BCUT2D eigenvalue weighted by Crippen LogP contribution is 2.48. The minimum atomic E-state index is -0.375. The summed E-state index contributed by atoms with van der Waals surface area (Å²) in [7, 11) is 1.61. The first-order valence-corrected chi connectivity index (χ1v) is 8.77. The number of ether oxygens (including phenoxy) is 1. The molecule has 0 saturated carbocycles. The first kappa shape index (κ1) is 16.1. The fraction of sp³-hybridized carbons (Fsp3) is 0.400. The van der Waals surface area contributed by atoms with Crippen molar-refractivity contribution in [1.29, 1.82) is 0 Å². The number of nitrogens with zero attached hydrogens (tertiary/aromatic N) is 1. The predicted octanol–water partition coefficient (Wildman–Crippen LogP) is 3.50. The van der Waals surface area contributed by atoms with Gasteiger partial charge in [0.2, 0.25) is 0 Å². The van der Waals surface area contributed by atoms with Gasteiger partial charge in [0, 0.05) is 29.9 Å². The molecular formula is C20H21NO4. The van der Waals surface area contributed by atoms with Crippen LogP contribution in [-0.2, 0) is 9.59 Å². The van der Waals surface area contributed by atoms with Gasteiger partial charge in [0.1, 0.15) is 5.75 Å². The molecule has 0 spiro atoms. The van der Waals surface area contributed by atoms with Crippen LogP contribution in [0, 0.1) is 0 Å². The van der Waals surface area contributed by atoms with E-state index in [1.807, 2.05) is 24.3 Å². The minimum Gasteiger partial charge on any atom is -0.497 e. The highest BCUT2D eigenvalue weighted by atomic mass is 16.5. The molecule has 0 amide bonds. The number of carbonyl (C=O) groups is 2. The maximum atomic E-state index is 12.7. The lowest BCUT2D eigenvalue weighted by Crippen LogP contribution is -2.37. The van der Waals surface area contributed by atoms with Crippen LogP contribution in [0.3, 0.4) is 0 Å². The highest BCUT2D eigenvalue weighted by molar-refractivity contribution is 6.06. The molecule has 4 rings (SSSR count). The summed E-state index contributed by atoms with van der Waals surface area (Å²) in [6.07, 6.45) is 3.73. The van der Waals surface area contributed by atoms with E-state index < -0.39 is 0 Å². The molecule has 0 saturated heterocycles. The normalized spacial score (nSPS) is 21.4. The standard InChI is InChI=1S/C20H21NO4/c1-25-13-10-8-12(9-11-13)18-19-14(4-2-6-16(19)22)21(24)15-5-3-7-17(23)20(15)18/h8-11,18,24H,2-7H2,1H3. The number of hydroxylamine groups is 2. The van der Waals surface area contributed by atoms with Crippen LogP contribution in [0.2, 0.25) is 0 Å². The lowest BCUT2D eigenvalue weighted by Gasteiger charge is -2.40. The molecule has 3 aliphatic rings. The van der Waals surface area contributed by atoms with Crippen molar-refractivity contribution in [2.75, 3.05) is 7.11 Å². The molecule has 1 aromatic rings. The molecule has 1 aliphatic heterocycles. The summed E-state index contributed by atoms with van der Waals surface area (Å²) in [6, 6.07) is 7.52. The summed E-state index contributed by atoms with van der Waals surface area (Å²) in [5.74, 6) is 0.425. The summed E-state index contributed by atoms with van der Waals surface area (Å²) in [5, 5.41) is 11.8. The molecule has 0 unspecified atom stereocenters. The van der Waals surface area contributed by atoms with Gasteiger partial charge in [-0.2, -0.15) is 0 Å². The lowest BCUT2D eigenvalue weighted by molar-refractivity contribution is -0.119. The Balaban J connectivity index is 1.91. The molecule has 2 aliphatic carbocycles. The van der Waals surface area contributed by atoms with Gasteiger partial charge in [-0.3, -0.25) is 14.8 Å². The zero-order chi connectivity index (χ0) is 17.6. The van der Waals surface area contributed by atoms with Crippen LogP contribution in [-0.4, -0.2) is 28.9 Å². The zero-order valence-corrected chi connectivity index (χ0v) is 14.2. The molecule has 1 N–H and O–H groups in total. The second-order valence-electron chi connectivity index (χ2n) is 6.79. The quantitative estimate of drug-likeness (QED) is 0.893. The Morgan fingerprint density at radius 3 is 1.92 bits per heavy atom. The van der Waals surface area contributed by atoms with E-state index in [0.717, 1.165) is 29.2 Å². The van der Waals surface area contributed by atoms with E-state index in [-0.39, 0.29) is 17.5 Å². The third kappa shape index (κ3) is 2.50. The molecule has 5 nitrogen and oxygen atoms in total. The minimum absolute atomic E-state index is 0.0334. The maximum Gasteiger partial charge on any atom is 0.161 e. The Bertz CT molecular complexity index is 759. The van der Waals surface area contributed by atoms with Crippen LogP contribution in [0.4, 0.5) is 0 Å². The Labute approximate surface area is 146 Å². The predicted molar refractivity (Wildman–Crippen MR) is 91.1 cm³/mol. The molecule has 1 aromatic carbocycles. The second kappa shape index (κ2) is 6.15. The molecule has 0 aromatic heterocycles. The van der Waals surface area contributed by atoms with Gasteiger partial charge in [0.15, 0.2) is 11.6 Å². The number of carbonyl (C=O) groups excluding carboxylic acids is 2. The smallest absolute Gasteiger partial charge is 0.161 e. The van der Waals surface area contributed by atoms with Crippen LogP contribution in [0.25, 0.3) is 0 Å². The Morgan fingerprint density at radius 2 is 1.44 bits per heavy atom. The van der Waals surface area contributed by atoms with E-state index in [4.69, 9.17) is 4.74 Å². The van der Waals surface area contributed by atoms with Crippen molar-refractivity contribution in [1.82, 2.24) is 5.06 Å². The van der Waals surface area contributed by atoms with Crippen molar-refractivity contribution in [3.63, 3.8) is 0 Å². The Hall–Kier alpha value is -2.40. The van der Waals surface area contributed by atoms with E-state index in [0.29, 0.717) is 48.2 Å². The topological polar surface area (TPSA) is 66.8 Å². The first-order valence-electron chi connectivity index (χ1n) is 8.77. The van der Waals surface area contributed by atoms with Crippen molar-refractivity contribution in [3.05, 3.63) is 52.4 Å². The van der Waals surface area contributed by atoms with Crippen molar-refractivity contribution in [2.24, 2.45) is 0 Å². The fourth-order valence-corrected chi connectivity index (χ4v) is 4.23. The third-order valence-corrected chi connectivity index (χ3v) is 5.40. The van der Waals surface area contributed by atoms with Gasteiger partial charge in [-0.25, -0.2) is 5.06 Å². The number of hydrogen-bond donors (Lipinski definition) is 1. The van der Waals surface area contributed by atoms with Crippen LogP contribution >= 0.6 is 0 Å². The number of rotatable bonds is 2. The molecule has 0 bridgehead atoms. The fourth-order valence-electron chi connectivity index (χ4n) is 4.23. The second-order valence-corrected chi connectivity index (χ2v) is 6.79. The molecule has 130 valence electrons. The van der Waals surface area contributed by atoms with E-state index in [2.05, 4.69) is 0 Å². The van der Waals surface area contributed by atoms with Crippen LogP contribution in [0.15, 0.2) is 46.8 Å². The molecule has 25 heavy (non-hydrogen) atoms. The van der Waals surface area contributed by atoms with Crippen LogP contribution in [0.1, 0.15) is 50.0 Å². The number of Topliss-reactive ketones (excluding diaryl/α,β-unsaturated/α-hetero) is 2. The molecule has 0 fully saturated rings. The van der Waals surface area contributed by atoms with Gasteiger partial charge in [0.05, 0.1) is 18.5 Å². The van der Waals surface area contributed by atoms with Crippen molar-refractivity contribution in [2.45, 2.75) is 44.4 Å². The van der Waals surface area contributed by atoms with Gasteiger partial charge in [0.25, 0.3) is 0 Å². The van der Waals surface area contributed by atoms with Crippen molar-refractivity contribution < 1.29 is 19.5 Å². The lowest BCUT2D eigenvalue weighted by atomic mass is 9.71. The van der Waals surface area contributed by atoms with Gasteiger partial charge >= 0.3 is 0 Å². The van der Waals surface area contributed by atoms with Gasteiger partial charge in [-0.1, -0.05) is 12.1 Å². The average Bonchev–Trinajstić information content (AvgIpc) is 2.64. The molecule has 0 radical (unpaired) electrons. The van der Waals surface area contributed by atoms with Gasteiger partial charge < -0.3 is 4.74 Å². The third-order valence-electron chi connectivity index (χ3n) is 5.40. The van der Waals surface area contributed by atoms with E-state index in [1.54, 1.807) is 7.11 Å². The largest absolute Gasteiger partial charge is 0.497 e. The number of ketones is 2. The molecule has 1 heterocycles. The van der Waals surface area contributed by atoms with E-state index in [9.17, 15) is 14.8 Å². The average molecular weight is 339 g/mol. The van der Waals surface area contributed by atoms with Crippen molar-refractivity contribution >= 4 is 11.6 Å². The monoisotopic (exact) mass is 339 g/mol. The van der Waals surface area contributed by atoms with E-state index >= 15 is 0 Å². The van der Waals surface area contributed by atoms with Gasteiger partial charge in [-0.15, -0.1) is 0 Å². The van der Waals surface area contributed by atoms with Crippen LogP contribution in [0.5, 0.6) is 5.75 Å². The Morgan fingerprint density at radius 1 is 0.920 bits per heavy atom. The summed E-state index contributed by atoms with van der Waals surface area (Å²) in [5.41, 5.74) is 3.43. The molecular weight excluding hydrogens is 318 g/mol. The van der Waals surface area contributed by atoms with Crippen LogP contribution < -0.4 is 4.74 Å². The number of benzene rings is 1. The zero-order valence-electron chi connectivity index (χ0n) is 14.2. The van der Waals surface area contributed by atoms with E-state index in [1.165, 1.54) is 0 Å². The summed E-state index contributed by atoms with van der Waals surface area (Å²) in [4.78, 5) is 25.4. The summed E-state index contributed by atoms with van der Waals surface area (Å²) in [6.45, 7) is 0. The SMILES string of the molecule is COc1ccc(C2C3=C(CCCC3=O)N(O)C3=C2C(=O)CCC3)cc1. The molecule has 0 atom stereocenters. The molecule has 5 heteroatoms. The number of hydrogen-bond acceptors (Lipinski definition) is 5. The first-order chi connectivity index (χ1) is 12.1. The highest BCUT2D eigenvalue weighted by Gasteiger charge is 2.43. The summed E-state index contributed by atoms with van der Waals surface area (Å²) < 4.78 is 5.22. The summed E-state index contributed by atoms with van der Waals surface area (Å²) >= 11 is 0. The van der Waals surface area contributed by atoms with Crippen molar-refractivity contribution in [3.8, 4) is 5.75 Å². The van der Waals surface area contributed by atoms with Gasteiger partial charge in [-0.05, 0) is 43.4 Å². The Kier molecular flexibility index (Phi) is 3.96.